The summed E-state index contributed by atoms with van der Waals surface area (Å²) in [6.45, 7) is 0. The van der Waals surface area contributed by atoms with Crippen LogP contribution in [0.1, 0.15) is 21.5 Å². The fourth-order valence-corrected chi connectivity index (χ4v) is 3.10. The van der Waals surface area contributed by atoms with Gasteiger partial charge in [-0.2, -0.15) is 0 Å². The van der Waals surface area contributed by atoms with Gasteiger partial charge in [0.25, 0.3) is 5.91 Å². The van der Waals surface area contributed by atoms with Gasteiger partial charge in [-0.15, -0.1) is 0 Å². The van der Waals surface area contributed by atoms with Gasteiger partial charge in [0.1, 0.15) is 0 Å². The van der Waals surface area contributed by atoms with E-state index in [4.69, 9.17) is 0 Å². The van der Waals surface area contributed by atoms with Crippen LogP contribution >= 0.6 is 22.6 Å². The maximum atomic E-state index is 12.2. The van der Waals surface area contributed by atoms with E-state index < -0.39 is 0 Å². The molecule has 0 saturated heterocycles. The Morgan fingerprint density at radius 3 is 2.37 bits per heavy atom. The second-order valence-corrected chi connectivity index (χ2v) is 6.10. The molecule has 0 radical (unpaired) electrons. The van der Waals surface area contributed by atoms with Crippen molar-refractivity contribution in [2.75, 3.05) is 0 Å². The van der Waals surface area contributed by atoms with Crippen molar-refractivity contribution in [3.63, 3.8) is 0 Å². The lowest BCUT2D eigenvalue weighted by Gasteiger charge is -2.12. The minimum Gasteiger partial charge on any atom is -0.349 e. The molecule has 0 heterocycles. The highest BCUT2D eigenvalue weighted by Crippen LogP contribution is 2.22. The molecule has 0 aliphatic heterocycles. The van der Waals surface area contributed by atoms with Crippen LogP contribution in [0.15, 0.2) is 48.5 Å². The number of fused-ring (bicyclic) bond motifs is 1. The van der Waals surface area contributed by atoms with Gasteiger partial charge >= 0.3 is 0 Å². The highest BCUT2D eigenvalue weighted by Gasteiger charge is 2.22. The van der Waals surface area contributed by atoms with E-state index in [2.05, 4.69) is 52.2 Å². The second-order valence-electron chi connectivity index (χ2n) is 4.86. The molecule has 3 rings (SSSR count). The molecule has 0 aromatic heterocycles. The Bertz CT molecular complexity index is 599. The van der Waals surface area contributed by atoms with Crippen molar-refractivity contribution >= 4 is 28.5 Å². The summed E-state index contributed by atoms with van der Waals surface area (Å²) < 4.78 is 1.08. The summed E-state index contributed by atoms with van der Waals surface area (Å²) in [4.78, 5) is 12.2. The molecule has 1 amide bonds. The third-order valence-corrected chi connectivity index (χ3v) is 4.14. The summed E-state index contributed by atoms with van der Waals surface area (Å²) in [5.74, 6) is 0.0244. The van der Waals surface area contributed by atoms with E-state index in [0.29, 0.717) is 0 Å². The number of benzene rings is 2. The van der Waals surface area contributed by atoms with Crippen molar-refractivity contribution in [2.45, 2.75) is 18.9 Å². The molecule has 1 aliphatic carbocycles. The van der Waals surface area contributed by atoms with Crippen molar-refractivity contribution in [2.24, 2.45) is 0 Å². The maximum absolute atomic E-state index is 12.2. The molecule has 3 heteroatoms. The number of rotatable bonds is 2. The lowest BCUT2D eigenvalue weighted by atomic mass is 10.1. The first-order valence-electron chi connectivity index (χ1n) is 6.35. The van der Waals surface area contributed by atoms with Gasteiger partial charge in [0, 0.05) is 15.2 Å². The minimum atomic E-state index is 0.0244. The molecular formula is C16H14INO. The lowest BCUT2D eigenvalue weighted by Crippen LogP contribution is -2.35. The molecule has 2 nitrogen and oxygen atoms in total. The Hall–Kier alpha value is -1.36. The molecule has 0 saturated carbocycles. The van der Waals surface area contributed by atoms with E-state index in [1.165, 1.54) is 11.1 Å². The summed E-state index contributed by atoms with van der Waals surface area (Å²) in [5, 5.41) is 3.13. The van der Waals surface area contributed by atoms with Gasteiger partial charge in [0.15, 0.2) is 0 Å². The van der Waals surface area contributed by atoms with E-state index in [0.717, 1.165) is 22.0 Å². The molecule has 96 valence electrons. The summed E-state index contributed by atoms with van der Waals surface area (Å²) in [6.07, 6.45) is 1.87. The van der Waals surface area contributed by atoms with Gasteiger partial charge in [0.2, 0.25) is 0 Å². The highest BCUT2D eigenvalue weighted by molar-refractivity contribution is 14.1. The number of amides is 1. The highest BCUT2D eigenvalue weighted by atomic mass is 127. The fraction of sp³-hybridized carbons (Fsp3) is 0.188. The predicted molar refractivity (Wildman–Crippen MR) is 84.3 cm³/mol. The van der Waals surface area contributed by atoms with Crippen molar-refractivity contribution < 1.29 is 4.79 Å². The standard InChI is InChI=1S/C16H14INO/c17-14-7-3-6-13(8-14)16(19)18-15-9-11-4-1-2-5-12(11)10-15/h1-8,15H,9-10H2,(H,18,19). The Morgan fingerprint density at radius 1 is 1.05 bits per heavy atom. The third kappa shape index (κ3) is 2.81. The zero-order valence-corrected chi connectivity index (χ0v) is 12.6. The van der Waals surface area contributed by atoms with Crippen LogP contribution in [0.25, 0.3) is 0 Å². The van der Waals surface area contributed by atoms with E-state index in [9.17, 15) is 4.79 Å². The van der Waals surface area contributed by atoms with Crippen LogP contribution in [-0.4, -0.2) is 11.9 Å². The molecule has 1 aliphatic rings. The number of carbonyl (C=O) groups is 1. The predicted octanol–water partition coefficient (Wildman–Crippen LogP) is 3.19. The van der Waals surface area contributed by atoms with Gasteiger partial charge in [0.05, 0.1) is 0 Å². The van der Waals surface area contributed by atoms with Crippen molar-refractivity contribution in [3.8, 4) is 0 Å². The fourth-order valence-electron chi connectivity index (χ4n) is 2.56. The van der Waals surface area contributed by atoms with Gasteiger partial charge in [-0.3, -0.25) is 4.79 Å². The van der Waals surface area contributed by atoms with Gasteiger partial charge in [-0.05, 0) is 64.8 Å². The van der Waals surface area contributed by atoms with E-state index in [1.54, 1.807) is 0 Å². The molecular weight excluding hydrogens is 349 g/mol. The van der Waals surface area contributed by atoms with E-state index >= 15 is 0 Å². The second kappa shape index (κ2) is 5.33. The average molecular weight is 363 g/mol. The van der Waals surface area contributed by atoms with Crippen molar-refractivity contribution in [1.82, 2.24) is 5.32 Å². The molecule has 19 heavy (non-hydrogen) atoms. The van der Waals surface area contributed by atoms with Crippen LogP contribution < -0.4 is 5.32 Å². The molecule has 2 aromatic rings. The average Bonchev–Trinajstić information content (AvgIpc) is 2.80. The van der Waals surface area contributed by atoms with Crippen molar-refractivity contribution in [3.05, 3.63) is 68.8 Å². The smallest absolute Gasteiger partial charge is 0.251 e. The Balaban J connectivity index is 1.69. The Kier molecular flexibility index (Phi) is 3.55. The normalized spacial score (nSPS) is 14.2. The zero-order valence-electron chi connectivity index (χ0n) is 10.4. The summed E-state index contributed by atoms with van der Waals surface area (Å²) in [5.41, 5.74) is 3.45. The molecule has 0 unspecified atom stereocenters. The zero-order chi connectivity index (χ0) is 13.2. The molecule has 2 aromatic carbocycles. The monoisotopic (exact) mass is 363 g/mol. The number of halogens is 1. The van der Waals surface area contributed by atoms with Crippen LogP contribution in [0, 0.1) is 3.57 Å². The number of hydrogen-bond acceptors (Lipinski definition) is 1. The number of nitrogens with one attached hydrogen (secondary N) is 1. The van der Waals surface area contributed by atoms with E-state index in [1.807, 2.05) is 24.3 Å². The third-order valence-electron chi connectivity index (χ3n) is 3.47. The quantitative estimate of drug-likeness (QED) is 0.816. The Labute approximate surface area is 126 Å². The topological polar surface area (TPSA) is 29.1 Å². The molecule has 0 bridgehead atoms. The van der Waals surface area contributed by atoms with Crippen LogP contribution in [0.3, 0.4) is 0 Å². The molecule has 0 spiro atoms. The maximum Gasteiger partial charge on any atom is 0.251 e. The van der Waals surface area contributed by atoms with Crippen LogP contribution in [-0.2, 0) is 12.8 Å². The first-order valence-corrected chi connectivity index (χ1v) is 7.43. The Morgan fingerprint density at radius 2 is 1.74 bits per heavy atom. The lowest BCUT2D eigenvalue weighted by molar-refractivity contribution is 0.0938. The first kappa shape index (κ1) is 12.7. The van der Waals surface area contributed by atoms with Gasteiger partial charge in [-0.1, -0.05) is 30.3 Å². The number of carbonyl (C=O) groups excluding carboxylic acids is 1. The van der Waals surface area contributed by atoms with Gasteiger partial charge in [-0.25, -0.2) is 0 Å². The summed E-state index contributed by atoms with van der Waals surface area (Å²) in [7, 11) is 0. The molecule has 0 fully saturated rings. The van der Waals surface area contributed by atoms with Gasteiger partial charge < -0.3 is 5.32 Å². The largest absolute Gasteiger partial charge is 0.349 e. The van der Waals surface area contributed by atoms with Crippen LogP contribution in [0.5, 0.6) is 0 Å². The minimum absolute atomic E-state index is 0.0244. The first-order chi connectivity index (χ1) is 9.22. The molecule has 1 N–H and O–H groups in total. The summed E-state index contributed by atoms with van der Waals surface area (Å²) in [6, 6.07) is 16.3. The summed E-state index contributed by atoms with van der Waals surface area (Å²) >= 11 is 2.22. The van der Waals surface area contributed by atoms with Crippen LogP contribution in [0.4, 0.5) is 0 Å². The molecule has 0 atom stereocenters. The van der Waals surface area contributed by atoms with E-state index in [-0.39, 0.29) is 11.9 Å². The number of hydrogen-bond donors (Lipinski definition) is 1. The SMILES string of the molecule is O=C(NC1Cc2ccccc2C1)c1cccc(I)c1. The van der Waals surface area contributed by atoms with Crippen molar-refractivity contribution in [1.29, 1.82) is 0 Å². The van der Waals surface area contributed by atoms with Crippen LogP contribution in [0.2, 0.25) is 0 Å².